The van der Waals surface area contributed by atoms with Gasteiger partial charge in [0, 0.05) is 28.3 Å². The molecular weight excluding hydrogens is 371 g/mol. The predicted octanol–water partition coefficient (Wildman–Crippen LogP) is 3.31. The van der Waals surface area contributed by atoms with Gasteiger partial charge in [0.25, 0.3) is 11.6 Å². The number of carbonyl (C=O) groups is 2. The topological polar surface area (TPSA) is 110 Å². The number of carbonyl (C=O) groups excluding carboxylic acids is 2. The molecule has 0 fully saturated rings. The maximum atomic E-state index is 12.4. The quantitative estimate of drug-likeness (QED) is 0.480. The number of benzene rings is 2. The number of fused-ring (bicyclic) bond motifs is 1. The summed E-state index contributed by atoms with van der Waals surface area (Å²) in [5.74, 6) is -1.35. The molecule has 0 aromatic heterocycles. The van der Waals surface area contributed by atoms with Crippen molar-refractivity contribution >= 4 is 46.3 Å². The second kappa shape index (κ2) is 6.11. The number of hydrogen-bond donors (Lipinski definition) is 2. The van der Waals surface area contributed by atoms with E-state index < -0.39 is 28.6 Å². The van der Waals surface area contributed by atoms with Gasteiger partial charge >= 0.3 is 0 Å². The van der Waals surface area contributed by atoms with E-state index in [2.05, 4.69) is 5.32 Å². The molecule has 0 saturated heterocycles. The molecule has 1 aliphatic heterocycles. The fraction of sp³-hybridized carbons (Fsp3) is 0.125. The first-order valence-corrected chi connectivity index (χ1v) is 7.79. The Morgan fingerprint density at radius 2 is 1.88 bits per heavy atom. The van der Waals surface area contributed by atoms with Crippen LogP contribution in [0.25, 0.3) is 0 Å². The Bertz CT molecular complexity index is 913. The standard InChI is InChI=1S/C16H10Cl2N2O5/c17-9-5-11-14(12(18)6-9)19-15(22)16(11,23)7-13(21)8-1-3-10(4-2-8)20(24)25/h1-6,23H,7H2,(H,19,22)/t16-/m0/s1. The number of aliphatic hydroxyl groups is 1. The lowest BCUT2D eigenvalue weighted by Gasteiger charge is -2.20. The van der Waals surface area contributed by atoms with Crippen molar-refractivity contribution in [3.63, 3.8) is 0 Å². The van der Waals surface area contributed by atoms with Gasteiger partial charge in [0.15, 0.2) is 11.4 Å². The smallest absolute Gasteiger partial charge is 0.269 e. The van der Waals surface area contributed by atoms with Crippen molar-refractivity contribution in [2.45, 2.75) is 12.0 Å². The molecule has 9 heteroatoms. The van der Waals surface area contributed by atoms with Gasteiger partial charge in [0.1, 0.15) is 0 Å². The summed E-state index contributed by atoms with van der Waals surface area (Å²) in [4.78, 5) is 34.7. The van der Waals surface area contributed by atoms with Crippen molar-refractivity contribution in [2.24, 2.45) is 0 Å². The van der Waals surface area contributed by atoms with E-state index in [4.69, 9.17) is 23.2 Å². The molecule has 1 atom stereocenters. The summed E-state index contributed by atoms with van der Waals surface area (Å²) in [7, 11) is 0. The number of ketones is 1. The van der Waals surface area contributed by atoms with Gasteiger partial charge in [0.05, 0.1) is 22.1 Å². The van der Waals surface area contributed by atoms with Crippen LogP contribution in [-0.4, -0.2) is 21.7 Å². The largest absolute Gasteiger partial charge is 0.375 e. The molecule has 0 aliphatic carbocycles. The Labute approximate surface area is 151 Å². The summed E-state index contributed by atoms with van der Waals surface area (Å²) in [6.07, 6.45) is -0.555. The van der Waals surface area contributed by atoms with E-state index >= 15 is 0 Å². The van der Waals surface area contributed by atoms with Crippen molar-refractivity contribution in [1.29, 1.82) is 0 Å². The van der Waals surface area contributed by atoms with Gasteiger partial charge in [0.2, 0.25) is 0 Å². The maximum absolute atomic E-state index is 12.4. The van der Waals surface area contributed by atoms with Crippen LogP contribution in [0.5, 0.6) is 0 Å². The van der Waals surface area contributed by atoms with Gasteiger partial charge in [-0.15, -0.1) is 0 Å². The number of anilines is 1. The van der Waals surface area contributed by atoms with Crippen LogP contribution < -0.4 is 5.32 Å². The Kier molecular flexibility index (Phi) is 4.24. The zero-order valence-electron chi connectivity index (χ0n) is 12.5. The highest BCUT2D eigenvalue weighted by Crippen LogP contribution is 2.44. The number of nitrogens with one attached hydrogen (secondary N) is 1. The molecule has 7 nitrogen and oxygen atoms in total. The summed E-state index contributed by atoms with van der Waals surface area (Å²) < 4.78 is 0. The molecular formula is C16H10Cl2N2O5. The van der Waals surface area contributed by atoms with Crippen LogP contribution in [0.4, 0.5) is 11.4 Å². The van der Waals surface area contributed by atoms with Crippen LogP contribution in [0.15, 0.2) is 36.4 Å². The van der Waals surface area contributed by atoms with Gasteiger partial charge in [-0.25, -0.2) is 0 Å². The van der Waals surface area contributed by atoms with Crippen molar-refractivity contribution < 1.29 is 19.6 Å². The molecule has 0 saturated carbocycles. The fourth-order valence-corrected chi connectivity index (χ4v) is 3.19. The van der Waals surface area contributed by atoms with E-state index in [1.807, 2.05) is 0 Å². The first kappa shape index (κ1) is 17.3. The number of hydrogen-bond acceptors (Lipinski definition) is 5. The molecule has 0 bridgehead atoms. The number of nitro benzene ring substituents is 1. The lowest BCUT2D eigenvalue weighted by molar-refractivity contribution is -0.384. The zero-order chi connectivity index (χ0) is 18.4. The second-order valence-electron chi connectivity index (χ2n) is 5.53. The first-order chi connectivity index (χ1) is 11.7. The van der Waals surface area contributed by atoms with Crippen LogP contribution in [0.1, 0.15) is 22.3 Å². The SMILES string of the molecule is O=C(C[C@@]1(O)C(=O)Nc2c(Cl)cc(Cl)cc21)c1ccc([N+](=O)[O-])cc1. The summed E-state index contributed by atoms with van der Waals surface area (Å²) in [5.41, 5.74) is -1.84. The van der Waals surface area contributed by atoms with E-state index in [1.54, 1.807) is 0 Å². The minimum atomic E-state index is -2.12. The number of nitrogens with zero attached hydrogens (tertiary/aromatic N) is 1. The molecule has 0 unspecified atom stereocenters. The van der Waals surface area contributed by atoms with E-state index in [0.717, 1.165) is 0 Å². The third-order valence-corrected chi connectivity index (χ3v) is 4.45. The van der Waals surface area contributed by atoms with Crippen LogP contribution in [0.3, 0.4) is 0 Å². The number of amides is 1. The van der Waals surface area contributed by atoms with E-state index in [1.165, 1.54) is 36.4 Å². The first-order valence-electron chi connectivity index (χ1n) is 7.03. The van der Waals surface area contributed by atoms with E-state index in [0.29, 0.717) is 0 Å². The number of rotatable bonds is 4. The van der Waals surface area contributed by atoms with Gasteiger partial charge in [-0.2, -0.15) is 0 Å². The molecule has 2 aromatic carbocycles. The molecule has 0 spiro atoms. The van der Waals surface area contributed by atoms with Crippen LogP contribution in [0, 0.1) is 10.1 Å². The van der Waals surface area contributed by atoms with Crippen LogP contribution in [-0.2, 0) is 10.4 Å². The normalized spacial score (nSPS) is 18.6. The minimum Gasteiger partial charge on any atom is -0.375 e. The predicted molar refractivity (Wildman–Crippen MR) is 91.0 cm³/mol. The molecule has 128 valence electrons. The van der Waals surface area contributed by atoms with E-state index in [-0.39, 0.29) is 32.5 Å². The van der Waals surface area contributed by atoms with Gasteiger partial charge in [-0.1, -0.05) is 23.2 Å². The number of nitro groups is 1. The Balaban J connectivity index is 1.93. The highest BCUT2D eigenvalue weighted by molar-refractivity contribution is 6.37. The second-order valence-corrected chi connectivity index (χ2v) is 6.37. The molecule has 3 rings (SSSR count). The average molecular weight is 381 g/mol. The molecule has 1 heterocycles. The zero-order valence-corrected chi connectivity index (χ0v) is 14.0. The molecule has 1 aliphatic rings. The number of Topliss-reactive ketones (excluding diaryl/α,β-unsaturated/α-hetero) is 1. The third-order valence-electron chi connectivity index (χ3n) is 3.93. The summed E-state index contributed by atoms with van der Waals surface area (Å²) in [5, 5.41) is 24.2. The monoisotopic (exact) mass is 380 g/mol. The van der Waals surface area contributed by atoms with Crippen molar-refractivity contribution in [3.05, 3.63) is 67.7 Å². The van der Waals surface area contributed by atoms with Crippen LogP contribution >= 0.6 is 23.2 Å². The highest BCUT2D eigenvalue weighted by Gasteiger charge is 2.47. The Hall–Kier alpha value is -2.48. The Morgan fingerprint density at radius 3 is 2.48 bits per heavy atom. The molecule has 2 aromatic rings. The lowest BCUT2D eigenvalue weighted by Crippen LogP contribution is -2.36. The van der Waals surface area contributed by atoms with Crippen molar-refractivity contribution in [3.8, 4) is 0 Å². The molecule has 0 radical (unpaired) electrons. The van der Waals surface area contributed by atoms with Crippen LogP contribution in [0.2, 0.25) is 10.0 Å². The summed E-state index contributed by atoms with van der Waals surface area (Å²) in [6, 6.07) is 7.66. The summed E-state index contributed by atoms with van der Waals surface area (Å²) in [6.45, 7) is 0. The maximum Gasteiger partial charge on any atom is 0.269 e. The van der Waals surface area contributed by atoms with Crippen molar-refractivity contribution in [1.82, 2.24) is 0 Å². The van der Waals surface area contributed by atoms with Gasteiger partial charge < -0.3 is 10.4 Å². The van der Waals surface area contributed by atoms with E-state index in [9.17, 15) is 24.8 Å². The minimum absolute atomic E-state index is 0.116. The van der Waals surface area contributed by atoms with Crippen molar-refractivity contribution in [2.75, 3.05) is 5.32 Å². The van der Waals surface area contributed by atoms with Gasteiger partial charge in [-0.3, -0.25) is 19.7 Å². The Morgan fingerprint density at radius 1 is 1.24 bits per heavy atom. The van der Waals surface area contributed by atoms with Gasteiger partial charge in [-0.05, 0) is 24.3 Å². The lowest BCUT2D eigenvalue weighted by atomic mass is 9.88. The summed E-state index contributed by atoms with van der Waals surface area (Å²) >= 11 is 11.9. The fourth-order valence-electron chi connectivity index (χ4n) is 2.65. The highest BCUT2D eigenvalue weighted by atomic mass is 35.5. The number of halogens is 2. The third kappa shape index (κ3) is 2.97. The average Bonchev–Trinajstić information content (AvgIpc) is 2.80. The molecule has 1 amide bonds. The number of non-ortho nitro benzene ring substituents is 1. The molecule has 2 N–H and O–H groups in total. The molecule has 25 heavy (non-hydrogen) atoms.